The topological polar surface area (TPSA) is 33.1 Å². The van der Waals surface area contributed by atoms with Crippen molar-refractivity contribution in [3.63, 3.8) is 0 Å². The molecule has 0 saturated heterocycles. The molecule has 1 N–H and O–H groups in total. The number of nitrogens with zero attached hydrogens (tertiary/aromatic N) is 3. The molecule has 0 spiro atoms. The summed E-state index contributed by atoms with van der Waals surface area (Å²) in [6, 6.07) is 0. The van der Waals surface area contributed by atoms with Crippen LogP contribution in [0.25, 0.3) is 0 Å². The minimum Gasteiger partial charge on any atom is -0.312 e. The molecule has 0 amide bonds. The largest absolute Gasteiger partial charge is 0.312 e. The molecule has 0 radical (unpaired) electrons. The van der Waals surface area contributed by atoms with E-state index in [1.807, 2.05) is 0 Å². The molecule has 0 fully saturated rings. The summed E-state index contributed by atoms with van der Waals surface area (Å²) in [5.74, 6) is 0.869. The summed E-state index contributed by atoms with van der Waals surface area (Å²) < 4.78 is 2.06. The van der Waals surface area contributed by atoms with Crippen LogP contribution in [0.1, 0.15) is 46.2 Å². The second kappa shape index (κ2) is 7.61. The van der Waals surface area contributed by atoms with Crippen LogP contribution in [0.2, 0.25) is 5.02 Å². The van der Waals surface area contributed by atoms with Gasteiger partial charge in [-0.05, 0) is 47.3 Å². The second-order valence-electron chi connectivity index (χ2n) is 7.30. The average Bonchev–Trinajstić information content (AvgIpc) is 2.73. The predicted octanol–water partition coefficient (Wildman–Crippen LogP) is 3.23. The summed E-state index contributed by atoms with van der Waals surface area (Å²) in [6.07, 6.45) is 1.77. The van der Waals surface area contributed by atoms with Crippen molar-refractivity contribution in [3.8, 4) is 0 Å². The zero-order chi connectivity index (χ0) is 16.2. The van der Waals surface area contributed by atoms with E-state index in [0.717, 1.165) is 30.4 Å². The van der Waals surface area contributed by atoms with Gasteiger partial charge < -0.3 is 10.2 Å². The van der Waals surface area contributed by atoms with E-state index in [1.54, 1.807) is 6.20 Å². The molecule has 21 heavy (non-hydrogen) atoms. The first-order valence-electron chi connectivity index (χ1n) is 7.72. The van der Waals surface area contributed by atoms with E-state index < -0.39 is 0 Å². The molecule has 0 aromatic carbocycles. The molecule has 0 aliphatic rings. The third-order valence-electron chi connectivity index (χ3n) is 3.83. The van der Waals surface area contributed by atoms with E-state index >= 15 is 0 Å². The maximum absolute atomic E-state index is 6.37. The normalized spacial score (nSPS) is 15.5. The van der Waals surface area contributed by atoms with Crippen LogP contribution < -0.4 is 5.32 Å². The van der Waals surface area contributed by atoms with E-state index in [2.05, 4.69) is 68.7 Å². The number of rotatable bonds is 7. The Hall–Kier alpha value is -0.580. The quantitative estimate of drug-likeness (QED) is 0.839. The molecule has 1 aromatic rings. The minimum atomic E-state index is 0.142. The summed E-state index contributed by atoms with van der Waals surface area (Å²) in [6.45, 7) is 13.9. The van der Waals surface area contributed by atoms with Crippen LogP contribution in [0.4, 0.5) is 0 Å². The highest BCUT2D eigenvalue weighted by Crippen LogP contribution is 2.30. The standard InChI is InChI=1S/C16H31ClN4/c1-12(10-18-16(3,4)5)13(2)15-14(17)11-19-21(15)9-8-20(6)7/h11-13,18H,8-10H2,1-7H3. The third kappa shape index (κ3) is 5.97. The number of likely N-dealkylation sites (N-methyl/N-ethyl adjacent to an activating group) is 1. The van der Waals surface area contributed by atoms with Gasteiger partial charge in [-0.3, -0.25) is 4.68 Å². The molecule has 122 valence electrons. The molecule has 0 aliphatic carbocycles. The van der Waals surface area contributed by atoms with Crippen molar-refractivity contribution < 1.29 is 0 Å². The van der Waals surface area contributed by atoms with E-state index in [4.69, 9.17) is 11.6 Å². The zero-order valence-corrected chi connectivity index (χ0v) is 15.3. The van der Waals surface area contributed by atoms with Crippen molar-refractivity contribution >= 4 is 11.6 Å². The zero-order valence-electron chi connectivity index (χ0n) is 14.6. The van der Waals surface area contributed by atoms with Crippen LogP contribution in [-0.4, -0.2) is 47.4 Å². The highest BCUT2D eigenvalue weighted by atomic mass is 35.5. The van der Waals surface area contributed by atoms with Gasteiger partial charge in [0.2, 0.25) is 0 Å². The molecule has 5 heteroatoms. The maximum atomic E-state index is 6.37. The van der Waals surface area contributed by atoms with E-state index in [1.165, 1.54) is 0 Å². The summed E-state index contributed by atoms with van der Waals surface area (Å²) in [5.41, 5.74) is 1.30. The molecular weight excluding hydrogens is 284 g/mol. The summed E-state index contributed by atoms with van der Waals surface area (Å²) >= 11 is 6.37. The van der Waals surface area contributed by atoms with Crippen molar-refractivity contribution in [1.82, 2.24) is 20.0 Å². The van der Waals surface area contributed by atoms with Crippen molar-refractivity contribution in [1.29, 1.82) is 0 Å². The van der Waals surface area contributed by atoms with Crippen LogP contribution in [0, 0.1) is 5.92 Å². The average molecular weight is 315 g/mol. The van der Waals surface area contributed by atoms with Crippen LogP contribution in [0.5, 0.6) is 0 Å². The summed E-state index contributed by atoms with van der Waals surface area (Å²) in [5, 5.41) is 8.79. The maximum Gasteiger partial charge on any atom is 0.0820 e. The monoisotopic (exact) mass is 314 g/mol. The number of aromatic nitrogens is 2. The number of hydrogen-bond acceptors (Lipinski definition) is 3. The Kier molecular flexibility index (Phi) is 6.70. The lowest BCUT2D eigenvalue weighted by Gasteiger charge is -2.27. The number of hydrogen-bond donors (Lipinski definition) is 1. The SMILES string of the molecule is CC(CNC(C)(C)C)C(C)c1c(Cl)cnn1CCN(C)C. The first-order valence-corrected chi connectivity index (χ1v) is 8.10. The van der Waals surface area contributed by atoms with E-state index in [-0.39, 0.29) is 5.54 Å². The van der Waals surface area contributed by atoms with Crippen LogP contribution in [-0.2, 0) is 6.54 Å². The van der Waals surface area contributed by atoms with Crippen molar-refractivity contribution in [2.75, 3.05) is 27.2 Å². The Bertz CT molecular complexity index is 434. The van der Waals surface area contributed by atoms with Crippen molar-refractivity contribution in [2.45, 2.75) is 52.6 Å². The summed E-state index contributed by atoms with van der Waals surface area (Å²) in [4.78, 5) is 2.16. The van der Waals surface area contributed by atoms with Gasteiger partial charge >= 0.3 is 0 Å². The number of halogens is 1. The molecular formula is C16H31ClN4. The summed E-state index contributed by atoms with van der Waals surface area (Å²) in [7, 11) is 4.15. The lowest BCUT2D eigenvalue weighted by atomic mass is 9.91. The molecule has 2 unspecified atom stereocenters. The van der Waals surface area contributed by atoms with Gasteiger partial charge in [-0.1, -0.05) is 25.4 Å². The van der Waals surface area contributed by atoms with Gasteiger partial charge in [0, 0.05) is 18.0 Å². The van der Waals surface area contributed by atoms with Crippen molar-refractivity contribution in [2.24, 2.45) is 5.92 Å². The molecule has 1 rings (SSSR count). The first-order chi connectivity index (χ1) is 9.61. The molecule has 0 bridgehead atoms. The smallest absolute Gasteiger partial charge is 0.0820 e. The minimum absolute atomic E-state index is 0.142. The Morgan fingerprint density at radius 3 is 2.48 bits per heavy atom. The molecule has 2 atom stereocenters. The molecule has 1 heterocycles. The van der Waals surface area contributed by atoms with Gasteiger partial charge in [-0.15, -0.1) is 0 Å². The van der Waals surface area contributed by atoms with Gasteiger partial charge in [-0.25, -0.2) is 0 Å². The first kappa shape index (κ1) is 18.5. The highest BCUT2D eigenvalue weighted by molar-refractivity contribution is 6.31. The number of nitrogens with one attached hydrogen (secondary N) is 1. The second-order valence-corrected chi connectivity index (χ2v) is 7.71. The fraction of sp³-hybridized carbons (Fsp3) is 0.812. The van der Waals surface area contributed by atoms with Gasteiger partial charge in [0.15, 0.2) is 0 Å². The van der Waals surface area contributed by atoms with Crippen molar-refractivity contribution in [3.05, 3.63) is 16.9 Å². The Labute approximate surface area is 134 Å². The van der Waals surface area contributed by atoms with Crippen LogP contribution in [0.15, 0.2) is 6.20 Å². The highest BCUT2D eigenvalue weighted by Gasteiger charge is 2.23. The predicted molar refractivity (Wildman–Crippen MR) is 91.1 cm³/mol. The van der Waals surface area contributed by atoms with Crippen LogP contribution in [0.3, 0.4) is 0 Å². The van der Waals surface area contributed by atoms with Gasteiger partial charge in [0.05, 0.1) is 23.5 Å². The fourth-order valence-corrected chi connectivity index (χ4v) is 2.52. The van der Waals surface area contributed by atoms with E-state index in [9.17, 15) is 0 Å². The van der Waals surface area contributed by atoms with Gasteiger partial charge in [0.25, 0.3) is 0 Å². The molecule has 1 aromatic heterocycles. The molecule has 4 nitrogen and oxygen atoms in total. The lowest BCUT2D eigenvalue weighted by molar-refractivity contribution is 0.338. The van der Waals surface area contributed by atoms with E-state index in [0.29, 0.717) is 11.8 Å². The van der Waals surface area contributed by atoms with Crippen LogP contribution >= 0.6 is 11.6 Å². The Morgan fingerprint density at radius 1 is 1.33 bits per heavy atom. The Morgan fingerprint density at radius 2 is 1.95 bits per heavy atom. The molecule has 0 aliphatic heterocycles. The molecule has 0 saturated carbocycles. The third-order valence-corrected chi connectivity index (χ3v) is 4.12. The lowest BCUT2D eigenvalue weighted by Crippen LogP contribution is -2.39. The van der Waals surface area contributed by atoms with Gasteiger partial charge in [0.1, 0.15) is 0 Å². The Balaban J connectivity index is 2.76. The fourth-order valence-electron chi connectivity index (χ4n) is 2.21. The van der Waals surface area contributed by atoms with Gasteiger partial charge in [-0.2, -0.15) is 5.10 Å².